The zero-order chi connectivity index (χ0) is 12.1. The third kappa shape index (κ3) is 5.28. The molecular formula is C13H27NO2. The van der Waals surface area contributed by atoms with Gasteiger partial charge in [0.1, 0.15) is 0 Å². The Balaban J connectivity index is 2.24. The maximum absolute atomic E-state index is 9.86. The van der Waals surface area contributed by atoms with Crippen molar-refractivity contribution in [1.29, 1.82) is 0 Å². The van der Waals surface area contributed by atoms with E-state index in [1.807, 2.05) is 13.8 Å². The molecule has 3 atom stereocenters. The van der Waals surface area contributed by atoms with Crippen molar-refractivity contribution in [2.45, 2.75) is 46.3 Å². The lowest BCUT2D eigenvalue weighted by molar-refractivity contribution is -0.0164. The number of aliphatic hydroxyl groups excluding tert-OH is 1. The minimum absolute atomic E-state index is 0.203. The molecular weight excluding hydrogens is 202 g/mol. The number of likely N-dealkylation sites (tertiary alicyclic amines) is 1. The molecule has 0 radical (unpaired) electrons. The van der Waals surface area contributed by atoms with Gasteiger partial charge in [-0.25, -0.2) is 0 Å². The summed E-state index contributed by atoms with van der Waals surface area (Å²) < 4.78 is 5.42. The third-order valence-electron chi connectivity index (χ3n) is 3.04. The largest absolute Gasteiger partial charge is 0.389 e. The summed E-state index contributed by atoms with van der Waals surface area (Å²) in [6.07, 6.45) is 1.17. The van der Waals surface area contributed by atoms with E-state index in [1.165, 1.54) is 6.42 Å². The van der Waals surface area contributed by atoms with Crippen molar-refractivity contribution in [3.05, 3.63) is 0 Å². The lowest BCUT2D eigenvalue weighted by Crippen LogP contribution is -2.43. The lowest BCUT2D eigenvalue weighted by atomic mass is 9.92. The Hall–Kier alpha value is -0.120. The summed E-state index contributed by atoms with van der Waals surface area (Å²) in [5.41, 5.74) is 0. The van der Waals surface area contributed by atoms with Gasteiger partial charge in [0, 0.05) is 19.6 Å². The molecule has 3 nitrogen and oxygen atoms in total. The molecule has 1 heterocycles. The summed E-state index contributed by atoms with van der Waals surface area (Å²) in [6.45, 7) is 12.0. The molecule has 0 unspecified atom stereocenters. The normalized spacial score (nSPS) is 29.6. The average molecular weight is 229 g/mol. The van der Waals surface area contributed by atoms with Crippen LogP contribution in [-0.2, 0) is 4.74 Å². The Morgan fingerprint density at radius 3 is 2.31 bits per heavy atom. The van der Waals surface area contributed by atoms with E-state index >= 15 is 0 Å². The summed E-state index contributed by atoms with van der Waals surface area (Å²) in [4.78, 5) is 2.37. The molecule has 0 aromatic carbocycles. The van der Waals surface area contributed by atoms with Crippen molar-refractivity contribution in [1.82, 2.24) is 4.90 Å². The van der Waals surface area contributed by atoms with Gasteiger partial charge in [0.15, 0.2) is 0 Å². The number of nitrogens with zero attached hydrogens (tertiary/aromatic N) is 1. The van der Waals surface area contributed by atoms with Gasteiger partial charge in [-0.2, -0.15) is 0 Å². The molecule has 1 rings (SSSR count). The molecule has 0 aromatic heterocycles. The number of piperidine rings is 1. The number of ether oxygens (including phenoxy) is 1. The van der Waals surface area contributed by atoms with Crippen molar-refractivity contribution >= 4 is 0 Å². The standard InChI is InChI=1S/C13H27NO2/c1-10(2)16-9-13(15)8-14-6-11(3)5-12(4)7-14/h10-13,15H,5-9H2,1-4H3/t11-,12-,13+/m1/s1. The quantitative estimate of drug-likeness (QED) is 0.779. The van der Waals surface area contributed by atoms with Crippen molar-refractivity contribution in [3.8, 4) is 0 Å². The molecule has 0 saturated carbocycles. The van der Waals surface area contributed by atoms with E-state index in [0.29, 0.717) is 6.61 Å². The van der Waals surface area contributed by atoms with Crippen LogP contribution in [0.5, 0.6) is 0 Å². The van der Waals surface area contributed by atoms with Gasteiger partial charge in [-0.3, -0.25) is 0 Å². The van der Waals surface area contributed by atoms with Crippen LogP contribution in [0.3, 0.4) is 0 Å². The Bertz CT molecular complexity index is 186. The highest BCUT2D eigenvalue weighted by molar-refractivity contribution is 4.76. The van der Waals surface area contributed by atoms with Crippen LogP contribution in [-0.4, -0.2) is 48.5 Å². The van der Waals surface area contributed by atoms with E-state index in [4.69, 9.17) is 4.74 Å². The van der Waals surface area contributed by atoms with Crippen molar-refractivity contribution < 1.29 is 9.84 Å². The summed E-state index contributed by atoms with van der Waals surface area (Å²) in [6, 6.07) is 0. The van der Waals surface area contributed by atoms with E-state index in [1.54, 1.807) is 0 Å². The minimum Gasteiger partial charge on any atom is -0.389 e. The molecule has 1 aliphatic heterocycles. The van der Waals surface area contributed by atoms with Crippen molar-refractivity contribution in [3.63, 3.8) is 0 Å². The molecule has 0 amide bonds. The zero-order valence-corrected chi connectivity index (χ0v) is 11.1. The van der Waals surface area contributed by atoms with Crippen molar-refractivity contribution in [2.75, 3.05) is 26.2 Å². The Morgan fingerprint density at radius 1 is 1.25 bits per heavy atom. The summed E-state index contributed by atoms with van der Waals surface area (Å²) in [5.74, 6) is 1.50. The second-order valence-electron chi connectivity index (χ2n) is 5.70. The third-order valence-corrected chi connectivity index (χ3v) is 3.04. The summed E-state index contributed by atoms with van der Waals surface area (Å²) in [5, 5.41) is 9.86. The van der Waals surface area contributed by atoms with Crippen LogP contribution in [0.25, 0.3) is 0 Å². The number of β-amino-alcohol motifs (C(OH)–C–C–N with tert-alkyl or cyclic N) is 1. The highest BCUT2D eigenvalue weighted by Crippen LogP contribution is 2.20. The fourth-order valence-corrected chi connectivity index (χ4v) is 2.60. The van der Waals surface area contributed by atoms with Crippen LogP contribution < -0.4 is 0 Å². The van der Waals surface area contributed by atoms with Gasteiger partial charge in [-0.15, -0.1) is 0 Å². The SMILES string of the molecule is CC(C)OC[C@@H](O)CN1C[C@H](C)C[C@@H](C)C1. The van der Waals surface area contributed by atoms with Crippen LogP contribution in [0.4, 0.5) is 0 Å². The maximum Gasteiger partial charge on any atom is 0.0900 e. The summed E-state index contributed by atoms with van der Waals surface area (Å²) >= 11 is 0. The van der Waals surface area contributed by atoms with Crippen LogP contribution in [0, 0.1) is 11.8 Å². The Morgan fingerprint density at radius 2 is 1.81 bits per heavy atom. The predicted molar refractivity (Wildman–Crippen MR) is 66.5 cm³/mol. The first-order valence-corrected chi connectivity index (χ1v) is 6.49. The van der Waals surface area contributed by atoms with Gasteiger partial charge in [0.05, 0.1) is 18.8 Å². The van der Waals surface area contributed by atoms with Crippen LogP contribution in [0.2, 0.25) is 0 Å². The fourth-order valence-electron chi connectivity index (χ4n) is 2.60. The number of rotatable bonds is 5. The minimum atomic E-state index is -0.347. The van der Waals surface area contributed by atoms with E-state index in [0.717, 1.165) is 31.5 Å². The van der Waals surface area contributed by atoms with E-state index in [2.05, 4.69) is 18.7 Å². The molecule has 1 N–H and O–H groups in total. The zero-order valence-electron chi connectivity index (χ0n) is 11.1. The molecule has 0 aliphatic carbocycles. The highest BCUT2D eigenvalue weighted by atomic mass is 16.5. The smallest absolute Gasteiger partial charge is 0.0900 e. The molecule has 0 aromatic rings. The van der Waals surface area contributed by atoms with Crippen LogP contribution >= 0.6 is 0 Å². The van der Waals surface area contributed by atoms with Gasteiger partial charge in [-0.05, 0) is 32.1 Å². The topological polar surface area (TPSA) is 32.7 Å². The number of aliphatic hydroxyl groups is 1. The second kappa shape index (κ2) is 6.58. The van der Waals surface area contributed by atoms with Gasteiger partial charge >= 0.3 is 0 Å². The summed E-state index contributed by atoms with van der Waals surface area (Å²) in [7, 11) is 0. The van der Waals surface area contributed by atoms with E-state index in [9.17, 15) is 5.11 Å². The first kappa shape index (κ1) is 13.9. The maximum atomic E-state index is 9.86. The molecule has 1 fully saturated rings. The molecule has 1 aliphatic rings. The molecule has 16 heavy (non-hydrogen) atoms. The second-order valence-corrected chi connectivity index (χ2v) is 5.70. The van der Waals surface area contributed by atoms with Gasteiger partial charge in [-0.1, -0.05) is 13.8 Å². The van der Waals surface area contributed by atoms with Gasteiger partial charge in [0.25, 0.3) is 0 Å². The fraction of sp³-hybridized carbons (Fsp3) is 1.00. The lowest BCUT2D eigenvalue weighted by Gasteiger charge is -2.36. The molecule has 96 valence electrons. The van der Waals surface area contributed by atoms with Gasteiger partial charge < -0.3 is 14.7 Å². The Kier molecular flexibility index (Phi) is 5.73. The van der Waals surface area contributed by atoms with Crippen LogP contribution in [0.15, 0.2) is 0 Å². The molecule has 0 spiro atoms. The number of hydrogen-bond donors (Lipinski definition) is 1. The average Bonchev–Trinajstić information content (AvgIpc) is 2.12. The first-order valence-electron chi connectivity index (χ1n) is 6.49. The number of hydrogen-bond acceptors (Lipinski definition) is 3. The Labute approximate surface area is 99.8 Å². The predicted octanol–water partition coefficient (Wildman–Crippen LogP) is 1.75. The molecule has 1 saturated heterocycles. The van der Waals surface area contributed by atoms with E-state index < -0.39 is 0 Å². The van der Waals surface area contributed by atoms with Crippen LogP contribution in [0.1, 0.15) is 34.1 Å². The monoisotopic (exact) mass is 229 g/mol. The van der Waals surface area contributed by atoms with E-state index in [-0.39, 0.29) is 12.2 Å². The van der Waals surface area contributed by atoms with Gasteiger partial charge in [0.2, 0.25) is 0 Å². The molecule has 3 heteroatoms. The molecule has 0 bridgehead atoms. The highest BCUT2D eigenvalue weighted by Gasteiger charge is 2.23. The first-order chi connectivity index (χ1) is 7.47. The van der Waals surface area contributed by atoms with Crippen molar-refractivity contribution in [2.24, 2.45) is 11.8 Å².